The molecule has 3 nitrogen and oxygen atoms in total. The summed E-state index contributed by atoms with van der Waals surface area (Å²) in [6.45, 7) is 12.1. The van der Waals surface area contributed by atoms with Crippen LogP contribution in [0.25, 0.3) is 0 Å². The molecule has 2 rings (SSSR count). The van der Waals surface area contributed by atoms with E-state index in [1.165, 1.54) is 25.8 Å². The molecule has 2 aliphatic rings. The van der Waals surface area contributed by atoms with Crippen LogP contribution in [-0.4, -0.2) is 49.3 Å². The largest absolute Gasteiger partial charge is 0.379 e. The Kier molecular flexibility index (Phi) is 4.45. The van der Waals surface area contributed by atoms with Gasteiger partial charge in [0.05, 0.1) is 13.2 Å². The highest BCUT2D eigenvalue weighted by Crippen LogP contribution is 2.29. The molecule has 0 spiro atoms. The number of ether oxygens (including phenoxy) is 1. The Hall–Kier alpha value is -0.120. The molecule has 1 N–H and O–H groups in total. The Balaban J connectivity index is 1.71. The molecule has 100 valence electrons. The van der Waals surface area contributed by atoms with Gasteiger partial charge < -0.3 is 10.1 Å². The lowest BCUT2D eigenvalue weighted by atomic mass is 10.0. The summed E-state index contributed by atoms with van der Waals surface area (Å²) in [6.07, 6.45) is 4.16. The van der Waals surface area contributed by atoms with Gasteiger partial charge in [0.25, 0.3) is 0 Å². The topological polar surface area (TPSA) is 24.5 Å². The van der Waals surface area contributed by atoms with E-state index >= 15 is 0 Å². The van der Waals surface area contributed by atoms with Crippen molar-refractivity contribution >= 4 is 0 Å². The van der Waals surface area contributed by atoms with E-state index in [9.17, 15) is 0 Å². The number of morpholine rings is 1. The minimum Gasteiger partial charge on any atom is -0.379 e. The molecule has 1 aliphatic heterocycles. The molecule has 1 saturated carbocycles. The summed E-state index contributed by atoms with van der Waals surface area (Å²) < 4.78 is 5.42. The number of hydrogen-bond acceptors (Lipinski definition) is 3. The first-order valence-electron chi connectivity index (χ1n) is 7.11. The van der Waals surface area contributed by atoms with Gasteiger partial charge in [0.1, 0.15) is 0 Å². The van der Waals surface area contributed by atoms with Gasteiger partial charge in [0.2, 0.25) is 0 Å². The average Bonchev–Trinajstić information content (AvgIpc) is 2.75. The number of rotatable bonds is 3. The van der Waals surface area contributed by atoms with Crippen LogP contribution in [0.1, 0.15) is 40.0 Å². The smallest absolute Gasteiger partial charge is 0.0594 e. The van der Waals surface area contributed by atoms with Gasteiger partial charge >= 0.3 is 0 Å². The molecule has 2 atom stereocenters. The first-order valence-corrected chi connectivity index (χ1v) is 7.11. The second-order valence-corrected chi connectivity index (χ2v) is 6.61. The number of hydrogen-bond donors (Lipinski definition) is 1. The lowest BCUT2D eigenvalue weighted by Crippen LogP contribution is -2.43. The van der Waals surface area contributed by atoms with Gasteiger partial charge in [-0.3, -0.25) is 4.90 Å². The quantitative estimate of drug-likeness (QED) is 0.815. The third kappa shape index (κ3) is 4.23. The van der Waals surface area contributed by atoms with E-state index in [1.54, 1.807) is 0 Å². The van der Waals surface area contributed by atoms with Crippen LogP contribution in [0.15, 0.2) is 0 Å². The SMILES string of the molecule is CC(C)(C)NC[C@H]1CC[C@@H](N2CCOCC2)C1. The summed E-state index contributed by atoms with van der Waals surface area (Å²) in [4.78, 5) is 2.64. The van der Waals surface area contributed by atoms with Crippen molar-refractivity contribution in [2.24, 2.45) is 5.92 Å². The van der Waals surface area contributed by atoms with Crippen molar-refractivity contribution in [3.63, 3.8) is 0 Å². The monoisotopic (exact) mass is 240 g/mol. The lowest BCUT2D eigenvalue weighted by Gasteiger charge is -2.32. The highest BCUT2D eigenvalue weighted by atomic mass is 16.5. The molecule has 1 heterocycles. The van der Waals surface area contributed by atoms with Gasteiger partial charge in [-0.15, -0.1) is 0 Å². The van der Waals surface area contributed by atoms with E-state index < -0.39 is 0 Å². The van der Waals surface area contributed by atoms with Gasteiger partial charge in [0, 0.05) is 24.7 Å². The van der Waals surface area contributed by atoms with Crippen molar-refractivity contribution in [3.05, 3.63) is 0 Å². The molecule has 0 aromatic carbocycles. The Bertz CT molecular complexity index is 231. The first kappa shape index (κ1) is 13.3. The molecule has 2 fully saturated rings. The number of nitrogens with zero attached hydrogens (tertiary/aromatic N) is 1. The zero-order valence-electron chi connectivity index (χ0n) is 11.7. The van der Waals surface area contributed by atoms with E-state index in [0.29, 0.717) is 0 Å². The van der Waals surface area contributed by atoms with Crippen molar-refractivity contribution in [3.8, 4) is 0 Å². The minimum absolute atomic E-state index is 0.261. The maximum absolute atomic E-state index is 5.42. The molecule has 17 heavy (non-hydrogen) atoms. The van der Waals surface area contributed by atoms with Crippen molar-refractivity contribution in [2.45, 2.75) is 51.6 Å². The molecule has 0 amide bonds. The summed E-state index contributed by atoms with van der Waals surface area (Å²) in [5.41, 5.74) is 0.261. The lowest BCUT2D eigenvalue weighted by molar-refractivity contribution is 0.0172. The van der Waals surface area contributed by atoms with Gasteiger partial charge in [-0.1, -0.05) is 0 Å². The Morgan fingerprint density at radius 3 is 2.53 bits per heavy atom. The van der Waals surface area contributed by atoms with Crippen molar-refractivity contribution in [1.82, 2.24) is 10.2 Å². The van der Waals surface area contributed by atoms with Crippen LogP contribution in [-0.2, 0) is 4.74 Å². The summed E-state index contributed by atoms with van der Waals surface area (Å²) in [6, 6.07) is 0.825. The third-order valence-electron chi connectivity index (χ3n) is 4.00. The van der Waals surface area contributed by atoms with E-state index in [4.69, 9.17) is 4.74 Å². The van der Waals surface area contributed by atoms with Crippen LogP contribution in [0.5, 0.6) is 0 Å². The van der Waals surface area contributed by atoms with Crippen molar-refractivity contribution in [2.75, 3.05) is 32.8 Å². The molecule has 0 aromatic rings. The summed E-state index contributed by atoms with van der Waals surface area (Å²) in [5.74, 6) is 0.877. The molecule has 0 bridgehead atoms. The Morgan fingerprint density at radius 1 is 1.18 bits per heavy atom. The van der Waals surface area contributed by atoms with Crippen LogP contribution < -0.4 is 5.32 Å². The molecule has 0 unspecified atom stereocenters. The van der Waals surface area contributed by atoms with Gasteiger partial charge in [-0.2, -0.15) is 0 Å². The molecule has 3 heteroatoms. The maximum Gasteiger partial charge on any atom is 0.0594 e. The molecular formula is C14H28N2O. The molecular weight excluding hydrogens is 212 g/mol. The third-order valence-corrected chi connectivity index (χ3v) is 4.00. The van der Waals surface area contributed by atoms with E-state index in [1.807, 2.05) is 0 Å². The van der Waals surface area contributed by atoms with Crippen LogP contribution in [0.4, 0.5) is 0 Å². The fourth-order valence-electron chi connectivity index (χ4n) is 2.96. The van der Waals surface area contributed by atoms with E-state index in [0.717, 1.165) is 38.3 Å². The normalized spacial score (nSPS) is 31.9. The Labute approximate surface area is 106 Å². The molecule has 0 radical (unpaired) electrons. The van der Waals surface area contributed by atoms with E-state index in [2.05, 4.69) is 31.0 Å². The van der Waals surface area contributed by atoms with Gasteiger partial charge in [-0.25, -0.2) is 0 Å². The zero-order valence-corrected chi connectivity index (χ0v) is 11.7. The second-order valence-electron chi connectivity index (χ2n) is 6.61. The van der Waals surface area contributed by atoms with Crippen LogP contribution in [0, 0.1) is 5.92 Å². The van der Waals surface area contributed by atoms with Gasteiger partial charge in [0.15, 0.2) is 0 Å². The maximum atomic E-state index is 5.42. The van der Waals surface area contributed by atoms with Crippen LogP contribution in [0.3, 0.4) is 0 Å². The second kappa shape index (κ2) is 5.68. The first-order chi connectivity index (χ1) is 8.04. The van der Waals surface area contributed by atoms with Crippen molar-refractivity contribution in [1.29, 1.82) is 0 Å². The number of nitrogens with one attached hydrogen (secondary N) is 1. The minimum atomic E-state index is 0.261. The van der Waals surface area contributed by atoms with Gasteiger partial charge in [-0.05, 0) is 52.5 Å². The summed E-state index contributed by atoms with van der Waals surface area (Å²) in [7, 11) is 0. The average molecular weight is 240 g/mol. The van der Waals surface area contributed by atoms with Crippen LogP contribution in [0.2, 0.25) is 0 Å². The highest BCUT2D eigenvalue weighted by Gasteiger charge is 2.30. The van der Waals surface area contributed by atoms with Crippen molar-refractivity contribution < 1.29 is 4.74 Å². The Morgan fingerprint density at radius 2 is 1.88 bits per heavy atom. The fourth-order valence-corrected chi connectivity index (χ4v) is 2.96. The molecule has 1 saturated heterocycles. The predicted molar refractivity (Wildman–Crippen MR) is 71.3 cm³/mol. The predicted octanol–water partition coefficient (Wildman–Crippen LogP) is 1.88. The fraction of sp³-hybridized carbons (Fsp3) is 1.00. The van der Waals surface area contributed by atoms with Crippen LogP contribution >= 0.6 is 0 Å². The summed E-state index contributed by atoms with van der Waals surface area (Å²) >= 11 is 0. The standard InChI is InChI=1S/C14H28N2O/c1-14(2,3)15-11-12-4-5-13(10-12)16-6-8-17-9-7-16/h12-13,15H,4-11H2,1-3H3/t12-,13+/m0/s1. The zero-order chi connectivity index (χ0) is 12.3. The molecule has 0 aromatic heterocycles. The highest BCUT2D eigenvalue weighted by molar-refractivity contribution is 4.86. The van der Waals surface area contributed by atoms with E-state index in [-0.39, 0.29) is 5.54 Å². The summed E-state index contributed by atoms with van der Waals surface area (Å²) in [5, 5.41) is 3.64. The molecule has 1 aliphatic carbocycles.